The smallest absolute Gasteiger partial charge is 0.180 e. The van der Waals surface area contributed by atoms with E-state index in [1.54, 1.807) is 24.7 Å². The molecule has 110 valence electrons. The van der Waals surface area contributed by atoms with Crippen molar-refractivity contribution in [1.29, 1.82) is 0 Å². The maximum absolute atomic E-state index is 5.90. The molecule has 3 aromatic rings. The molecule has 0 aliphatic heterocycles. The monoisotopic (exact) mass is 313 g/mol. The van der Waals surface area contributed by atoms with Crippen LogP contribution in [0.2, 0.25) is 5.15 Å². The van der Waals surface area contributed by atoms with Gasteiger partial charge in [0.15, 0.2) is 6.39 Å². The Morgan fingerprint density at radius 2 is 2.23 bits per heavy atom. The van der Waals surface area contributed by atoms with Gasteiger partial charge in [-0.15, -0.1) is 0 Å². The number of nitrogens with zero attached hydrogens (tertiary/aromatic N) is 4. The van der Waals surface area contributed by atoms with Crippen molar-refractivity contribution < 1.29 is 4.42 Å². The SMILES string of the molecule is NC=C(C=NCc1cocn1)c1cnc2ccc(Cl)nc2c1. The molecule has 0 amide bonds. The van der Waals surface area contributed by atoms with E-state index in [2.05, 4.69) is 19.9 Å². The first-order chi connectivity index (χ1) is 10.8. The summed E-state index contributed by atoms with van der Waals surface area (Å²) in [5, 5.41) is 0.421. The van der Waals surface area contributed by atoms with E-state index in [0.29, 0.717) is 17.2 Å². The summed E-state index contributed by atoms with van der Waals surface area (Å²) in [4.78, 5) is 16.9. The highest BCUT2D eigenvalue weighted by molar-refractivity contribution is 6.29. The second kappa shape index (κ2) is 6.36. The quantitative estimate of drug-likeness (QED) is 0.591. The molecule has 0 saturated carbocycles. The average molecular weight is 314 g/mol. The highest BCUT2D eigenvalue weighted by Crippen LogP contribution is 2.18. The van der Waals surface area contributed by atoms with Gasteiger partial charge in [0.05, 0.1) is 17.6 Å². The van der Waals surface area contributed by atoms with Gasteiger partial charge in [0.25, 0.3) is 0 Å². The molecule has 0 saturated heterocycles. The molecular weight excluding hydrogens is 302 g/mol. The highest BCUT2D eigenvalue weighted by atomic mass is 35.5. The van der Waals surface area contributed by atoms with Gasteiger partial charge in [-0.2, -0.15) is 0 Å². The summed E-state index contributed by atoms with van der Waals surface area (Å²) in [5.41, 5.74) is 9.44. The Bertz CT molecular complexity index is 842. The Morgan fingerprint density at radius 1 is 1.32 bits per heavy atom. The zero-order valence-electron chi connectivity index (χ0n) is 11.5. The van der Waals surface area contributed by atoms with E-state index >= 15 is 0 Å². The molecule has 7 heteroatoms. The third-order valence-corrected chi connectivity index (χ3v) is 3.19. The number of aromatic nitrogens is 3. The number of fused-ring (bicyclic) bond motifs is 1. The minimum atomic E-state index is 0.416. The molecule has 3 aromatic heterocycles. The third kappa shape index (κ3) is 3.12. The van der Waals surface area contributed by atoms with Crippen LogP contribution in [0, 0.1) is 0 Å². The molecule has 0 aliphatic carbocycles. The van der Waals surface area contributed by atoms with Crippen molar-refractivity contribution in [2.75, 3.05) is 0 Å². The Balaban J connectivity index is 1.85. The molecule has 0 aromatic carbocycles. The van der Waals surface area contributed by atoms with Crippen molar-refractivity contribution in [3.63, 3.8) is 0 Å². The molecule has 6 nitrogen and oxygen atoms in total. The molecule has 3 heterocycles. The van der Waals surface area contributed by atoms with Crippen molar-refractivity contribution in [3.05, 3.63) is 59.7 Å². The van der Waals surface area contributed by atoms with Gasteiger partial charge in [-0.25, -0.2) is 9.97 Å². The lowest BCUT2D eigenvalue weighted by Crippen LogP contribution is -1.94. The van der Waals surface area contributed by atoms with Crippen LogP contribution in [0.3, 0.4) is 0 Å². The van der Waals surface area contributed by atoms with E-state index in [-0.39, 0.29) is 0 Å². The molecule has 0 aliphatic rings. The van der Waals surface area contributed by atoms with Crippen LogP contribution in [0.5, 0.6) is 0 Å². The molecule has 2 N–H and O–H groups in total. The number of hydrogen-bond donors (Lipinski definition) is 1. The topological polar surface area (TPSA) is 90.2 Å². The zero-order chi connectivity index (χ0) is 15.4. The largest absolute Gasteiger partial charge is 0.451 e. The lowest BCUT2D eigenvalue weighted by molar-refractivity contribution is 0.556. The first-order valence-electron chi connectivity index (χ1n) is 6.48. The van der Waals surface area contributed by atoms with Gasteiger partial charge in [0.1, 0.15) is 17.1 Å². The van der Waals surface area contributed by atoms with Crippen molar-refractivity contribution in [1.82, 2.24) is 15.0 Å². The zero-order valence-corrected chi connectivity index (χ0v) is 12.2. The van der Waals surface area contributed by atoms with Crippen LogP contribution in [0.25, 0.3) is 16.6 Å². The predicted octanol–water partition coefficient (Wildman–Crippen LogP) is 2.84. The van der Waals surface area contributed by atoms with Gasteiger partial charge in [0.2, 0.25) is 0 Å². The fraction of sp³-hybridized carbons (Fsp3) is 0.0667. The first-order valence-corrected chi connectivity index (χ1v) is 6.85. The van der Waals surface area contributed by atoms with Crippen LogP contribution < -0.4 is 5.73 Å². The Hall–Kier alpha value is -2.73. The van der Waals surface area contributed by atoms with Crippen molar-refractivity contribution in [2.45, 2.75) is 6.54 Å². The maximum Gasteiger partial charge on any atom is 0.180 e. The fourth-order valence-electron chi connectivity index (χ4n) is 1.91. The molecule has 0 spiro atoms. The van der Waals surface area contributed by atoms with E-state index in [0.717, 1.165) is 22.3 Å². The van der Waals surface area contributed by atoms with E-state index < -0.39 is 0 Å². The van der Waals surface area contributed by atoms with Crippen molar-refractivity contribution in [3.8, 4) is 0 Å². The Morgan fingerprint density at radius 3 is 3.00 bits per heavy atom. The molecule has 0 bridgehead atoms. The lowest BCUT2D eigenvalue weighted by atomic mass is 10.1. The number of pyridine rings is 2. The standard InChI is InChI=1S/C15H12ClN5O/c16-15-2-1-13-14(21-15)3-10(6-19-13)11(4-17)5-18-7-12-8-22-9-20-12/h1-6,8-9H,7,17H2. The third-order valence-electron chi connectivity index (χ3n) is 2.98. The van der Waals surface area contributed by atoms with Gasteiger partial charge >= 0.3 is 0 Å². The second-order valence-corrected chi connectivity index (χ2v) is 4.86. The molecule has 0 radical (unpaired) electrons. The normalized spacial score (nSPS) is 12.3. The van der Waals surface area contributed by atoms with Crippen LogP contribution in [0.4, 0.5) is 0 Å². The Kier molecular flexibility index (Phi) is 4.11. The number of halogens is 1. The maximum atomic E-state index is 5.90. The summed E-state index contributed by atoms with van der Waals surface area (Å²) in [7, 11) is 0. The Labute approximate surface area is 131 Å². The van der Waals surface area contributed by atoms with Crippen molar-refractivity contribution in [2.24, 2.45) is 10.7 Å². The number of nitrogens with two attached hydrogens (primary N) is 1. The summed E-state index contributed by atoms with van der Waals surface area (Å²) in [6, 6.07) is 5.39. The summed E-state index contributed by atoms with van der Waals surface area (Å²) in [6.07, 6.45) is 7.78. The molecule has 3 rings (SSSR count). The van der Waals surface area contributed by atoms with Crippen molar-refractivity contribution >= 4 is 34.4 Å². The van der Waals surface area contributed by atoms with E-state index in [1.165, 1.54) is 12.6 Å². The van der Waals surface area contributed by atoms with Gasteiger partial charge in [-0.3, -0.25) is 9.98 Å². The minimum Gasteiger partial charge on any atom is -0.451 e. The minimum absolute atomic E-state index is 0.416. The van der Waals surface area contributed by atoms with Crippen LogP contribution >= 0.6 is 11.6 Å². The van der Waals surface area contributed by atoms with E-state index in [1.807, 2.05) is 12.1 Å². The molecular formula is C15H12ClN5O. The lowest BCUT2D eigenvalue weighted by Gasteiger charge is -2.03. The molecule has 0 unspecified atom stereocenters. The van der Waals surface area contributed by atoms with Crippen LogP contribution in [-0.2, 0) is 6.54 Å². The average Bonchev–Trinajstić information content (AvgIpc) is 3.04. The number of oxazole rings is 1. The van der Waals surface area contributed by atoms with Gasteiger partial charge in [0, 0.05) is 29.7 Å². The molecule has 0 fully saturated rings. The van der Waals surface area contributed by atoms with E-state index in [4.69, 9.17) is 21.8 Å². The molecule has 22 heavy (non-hydrogen) atoms. The second-order valence-electron chi connectivity index (χ2n) is 4.47. The van der Waals surface area contributed by atoms with E-state index in [9.17, 15) is 0 Å². The summed E-state index contributed by atoms with van der Waals surface area (Å²) in [6.45, 7) is 0.416. The first kappa shape index (κ1) is 14.2. The summed E-state index contributed by atoms with van der Waals surface area (Å²) < 4.78 is 4.89. The predicted molar refractivity (Wildman–Crippen MR) is 85.4 cm³/mol. The fourth-order valence-corrected chi connectivity index (χ4v) is 2.06. The van der Waals surface area contributed by atoms with Crippen LogP contribution in [-0.4, -0.2) is 21.2 Å². The van der Waals surface area contributed by atoms with Gasteiger partial charge in [-0.05, 0) is 18.2 Å². The summed E-state index contributed by atoms with van der Waals surface area (Å²) in [5.74, 6) is 0. The molecule has 0 atom stereocenters. The summed E-state index contributed by atoms with van der Waals surface area (Å²) >= 11 is 5.90. The van der Waals surface area contributed by atoms with Gasteiger partial charge < -0.3 is 10.2 Å². The number of hydrogen-bond acceptors (Lipinski definition) is 6. The van der Waals surface area contributed by atoms with Crippen LogP contribution in [0.1, 0.15) is 11.3 Å². The van der Waals surface area contributed by atoms with Crippen LogP contribution in [0.15, 0.2) is 52.7 Å². The van der Waals surface area contributed by atoms with Gasteiger partial charge in [-0.1, -0.05) is 11.6 Å². The highest BCUT2D eigenvalue weighted by Gasteiger charge is 2.04. The number of aliphatic imine (C=N–C) groups is 1. The number of allylic oxidation sites excluding steroid dienone is 1. The number of rotatable bonds is 4.